The van der Waals surface area contributed by atoms with Crippen LogP contribution in [0.2, 0.25) is 0 Å². The lowest BCUT2D eigenvalue weighted by Gasteiger charge is -2.04. The minimum Gasteiger partial charge on any atom is -0.394 e. The van der Waals surface area contributed by atoms with Gasteiger partial charge in [-0.25, -0.2) is 8.78 Å². The van der Waals surface area contributed by atoms with Crippen molar-refractivity contribution in [1.29, 1.82) is 0 Å². The van der Waals surface area contributed by atoms with E-state index in [1.165, 1.54) is 10.7 Å². The number of nitrogen functional groups attached to an aromatic ring is 1. The number of aromatic nitrogens is 2. The maximum absolute atomic E-state index is 12.9. The topological polar surface area (TPSA) is 55.9 Å². The summed E-state index contributed by atoms with van der Waals surface area (Å²) < 4.78 is 27.1. The van der Waals surface area contributed by atoms with Crippen LogP contribution in [0.4, 0.5) is 26.0 Å². The van der Waals surface area contributed by atoms with E-state index in [1.807, 2.05) is 0 Å². The van der Waals surface area contributed by atoms with Gasteiger partial charge in [0, 0.05) is 25.0 Å². The van der Waals surface area contributed by atoms with Crippen LogP contribution in [0.15, 0.2) is 24.4 Å². The first-order valence-electron chi connectivity index (χ1n) is 4.57. The molecular formula is C10H10F2N4. The van der Waals surface area contributed by atoms with Gasteiger partial charge in [0.05, 0.1) is 5.69 Å². The monoisotopic (exact) mass is 224 g/mol. The molecular weight excluding hydrogens is 214 g/mol. The van der Waals surface area contributed by atoms with E-state index in [2.05, 4.69) is 10.4 Å². The Morgan fingerprint density at radius 3 is 2.62 bits per heavy atom. The van der Waals surface area contributed by atoms with Crippen molar-refractivity contribution >= 4 is 17.2 Å². The smallest absolute Gasteiger partial charge is 0.175 e. The molecule has 0 saturated heterocycles. The van der Waals surface area contributed by atoms with Gasteiger partial charge in [0.1, 0.15) is 0 Å². The molecule has 6 heteroatoms. The van der Waals surface area contributed by atoms with Crippen LogP contribution in [-0.2, 0) is 7.05 Å². The Bertz CT molecular complexity index is 522. The second kappa shape index (κ2) is 3.80. The van der Waals surface area contributed by atoms with Crippen molar-refractivity contribution in [3.05, 3.63) is 36.0 Å². The van der Waals surface area contributed by atoms with Crippen LogP contribution < -0.4 is 11.1 Å². The van der Waals surface area contributed by atoms with Crippen molar-refractivity contribution in [2.24, 2.45) is 7.05 Å². The molecule has 4 nitrogen and oxygen atoms in total. The van der Waals surface area contributed by atoms with Crippen LogP contribution >= 0.6 is 0 Å². The molecule has 2 rings (SSSR count). The largest absolute Gasteiger partial charge is 0.394 e. The third-order valence-corrected chi connectivity index (χ3v) is 2.04. The summed E-state index contributed by atoms with van der Waals surface area (Å²) in [6.07, 6.45) is 1.61. The molecule has 0 amide bonds. The average molecular weight is 224 g/mol. The van der Waals surface area contributed by atoms with Crippen molar-refractivity contribution in [2.75, 3.05) is 11.1 Å². The number of benzene rings is 1. The first-order valence-corrected chi connectivity index (χ1v) is 4.57. The van der Waals surface area contributed by atoms with Crippen molar-refractivity contribution in [1.82, 2.24) is 9.78 Å². The summed E-state index contributed by atoms with van der Waals surface area (Å²) in [6.45, 7) is 0. The summed E-state index contributed by atoms with van der Waals surface area (Å²) in [5, 5.41) is 6.82. The summed E-state index contributed by atoms with van der Waals surface area (Å²) >= 11 is 0. The minimum atomic E-state index is -0.917. The average Bonchev–Trinajstić information content (AvgIpc) is 2.51. The van der Waals surface area contributed by atoms with Crippen LogP contribution in [0.3, 0.4) is 0 Å². The summed E-state index contributed by atoms with van der Waals surface area (Å²) in [6, 6.07) is 3.49. The van der Waals surface area contributed by atoms with Gasteiger partial charge in [-0.05, 0) is 12.1 Å². The molecule has 0 saturated carbocycles. The van der Waals surface area contributed by atoms with Gasteiger partial charge in [0.25, 0.3) is 0 Å². The third-order valence-electron chi connectivity index (χ3n) is 2.04. The van der Waals surface area contributed by atoms with E-state index < -0.39 is 11.6 Å². The number of hydrogen-bond acceptors (Lipinski definition) is 3. The predicted molar refractivity (Wildman–Crippen MR) is 57.3 cm³/mol. The zero-order valence-corrected chi connectivity index (χ0v) is 8.54. The highest BCUT2D eigenvalue weighted by Gasteiger charge is 2.06. The molecule has 0 aliphatic rings. The van der Waals surface area contributed by atoms with Crippen molar-refractivity contribution in [3.8, 4) is 0 Å². The first kappa shape index (κ1) is 10.4. The fraction of sp³-hybridized carbons (Fsp3) is 0.100. The van der Waals surface area contributed by atoms with E-state index in [1.54, 1.807) is 13.2 Å². The van der Waals surface area contributed by atoms with Gasteiger partial charge < -0.3 is 11.1 Å². The Morgan fingerprint density at radius 1 is 1.31 bits per heavy atom. The van der Waals surface area contributed by atoms with Gasteiger partial charge in [0.2, 0.25) is 0 Å². The number of halogens is 2. The van der Waals surface area contributed by atoms with Crippen LogP contribution in [0.25, 0.3) is 0 Å². The molecule has 1 aromatic heterocycles. The van der Waals surface area contributed by atoms with Crippen molar-refractivity contribution in [3.63, 3.8) is 0 Å². The lowest BCUT2D eigenvalue weighted by Crippen LogP contribution is -1.97. The Balaban J connectivity index is 2.27. The Labute approximate surface area is 90.7 Å². The number of aryl methyl sites for hydroxylation is 1. The minimum absolute atomic E-state index is 0.393. The summed E-state index contributed by atoms with van der Waals surface area (Å²) in [7, 11) is 1.72. The highest BCUT2D eigenvalue weighted by molar-refractivity contribution is 5.67. The SMILES string of the molecule is Cn1cc(N)c(Nc2ccc(F)c(F)c2)n1. The molecule has 0 fully saturated rings. The fourth-order valence-electron chi connectivity index (χ4n) is 1.31. The van der Waals surface area contributed by atoms with E-state index >= 15 is 0 Å². The molecule has 1 aromatic carbocycles. The third kappa shape index (κ3) is 1.95. The molecule has 0 spiro atoms. The quantitative estimate of drug-likeness (QED) is 0.820. The molecule has 2 aromatic rings. The van der Waals surface area contributed by atoms with E-state index in [-0.39, 0.29) is 0 Å². The highest BCUT2D eigenvalue weighted by Crippen LogP contribution is 2.21. The van der Waals surface area contributed by atoms with Crippen LogP contribution in [0, 0.1) is 11.6 Å². The lowest BCUT2D eigenvalue weighted by molar-refractivity contribution is 0.509. The van der Waals surface area contributed by atoms with Gasteiger partial charge in [0.15, 0.2) is 17.5 Å². The molecule has 84 valence electrons. The van der Waals surface area contributed by atoms with Crippen LogP contribution in [-0.4, -0.2) is 9.78 Å². The van der Waals surface area contributed by atoms with E-state index in [9.17, 15) is 8.78 Å². The Hall–Kier alpha value is -2.11. The normalized spacial score (nSPS) is 10.4. The molecule has 16 heavy (non-hydrogen) atoms. The second-order valence-electron chi connectivity index (χ2n) is 3.36. The number of nitrogens with one attached hydrogen (secondary N) is 1. The molecule has 0 aliphatic heterocycles. The molecule has 3 N–H and O–H groups in total. The number of nitrogens with two attached hydrogens (primary N) is 1. The van der Waals surface area contributed by atoms with E-state index in [0.29, 0.717) is 17.2 Å². The maximum atomic E-state index is 12.9. The maximum Gasteiger partial charge on any atom is 0.175 e. The zero-order chi connectivity index (χ0) is 11.7. The van der Waals surface area contributed by atoms with Gasteiger partial charge in [-0.3, -0.25) is 4.68 Å². The molecule has 0 bridgehead atoms. The van der Waals surface area contributed by atoms with Crippen LogP contribution in [0.5, 0.6) is 0 Å². The second-order valence-corrected chi connectivity index (χ2v) is 3.36. The summed E-state index contributed by atoms with van der Waals surface area (Å²) in [5.41, 5.74) is 6.47. The Morgan fingerprint density at radius 2 is 2.06 bits per heavy atom. The standard InChI is InChI=1S/C10H10F2N4/c1-16-5-9(13)10(15-16)14-6-2-3-7(11)8(12)4-6/h2-5H,13H2,1H3,(H,14,15). The fourth-order valence-corrected chi connectivity index (χ4v) is 1.31. The zero-order valence-electron chi connectivity index (χ0n) is 8.54. The van der Waals surface area contributed by atoms with E-state index in [4.69, 9.17) is 5.73 Å². The lowest BCUT2D eigenvalue weighted by atomic mass is 10.3. The number of rotatable bonds is 2. The van der Waals surface area contributed by atoms with Gasteiger partial charge in [-0.2, -0.15) is 5.10 Å². The summed E-state index contributed by atoms with van der Waals surface area (Å²) in [4.78, 5) is 0. The molecule has 0 aliphatic carbocycles. The Kier molecular flexibility index (Phi) is 2.47. The number of anilines is 3. The first-order chi connectivity index (χ1) is 7.56. The number of nitrogens with zero attached hydrogens (tertiary/aromatic N) is 2. The molecule has 0 radical (unpaired) electrons. The van der Waals surface area contributed by atoms with Gasteiger partial charge >= 0.3 is 0 Å². The molecule has 0 unspecified atom stereocenters. The molecule has 0 atom stereocenters. The molecule has 1 heterocycles. The van der Waals surface area contributed by atoms with Gasteiger partial charge in [-0.15, -0.1) is 0 Å². The van der Waals surface area contributed by atoms with Crippen molar-refractivity contribution < 1.29 is 8.78 Å². The van der Waals surface area contributed by atoms with Crippen molar-refractivity contribution in [2.45, 2.75) is 0 Å². The summed E-state index contributed by atoms with van der Waals surface area (Å²) in [5.74, 6) is -1.40. The van der Waals surface area contributed by atoms with Crippen LogP contribution in [0.1, 0.15) is 0 Å². The van der Waals surface area contributed by atoms with Gasteiger partial charge in [-0.1, -0.05) is 0 Å². The highest BCUT2D eigenvalue weighted by atomic mass is 19.2. The number of hydrogen-bond donors (Lipinski definition) is 2. The predicted octanol–water partition coefficient (Wildman–Crippen LogP) is 2.02. The van der Waals surface area contributed by atoms with E-state index in [0.717, 1.165) is 12.1 Å².